The van der Waals surface area contributed by atoms with Crippen LogP contribution in [0.25, 0.3) is 0 Å². The normalized spacial score (nSPS) is 25.6. The van der Waals surface area contributed by atoms with Gasteiger partial charge in [0, 0.05) is 25.6 Å². The van der Waals surface area contributed by atoms with E-state index in [0.29, 0.717) is 12.3 Å². The van der Waals surface area contributed by atoms with E-state index in [2.05, 4.69) is 56.4 Å². The van der Waals surface area contributed by atoms with Crippen molar-refractivity contribution in [2.24, 2.45) is 23.5 Å². The molecule has 1 unspecified atom stereocenters. The van der Waals surface area contributed by atoms with Crippen molar-refractivity contribution in [2.45, 2.75) is 211 Å². The van der Waals surface area contributed by atoms with E-state index in [9.17, 15) is 92.3 Å². The van der Waals surface area contributed by atoms with E-state index in [1.807, 2.05) is 10.6 Å². The van der Waals surface area contributed by atoms with Crippen molar-refractivity contribution in [1.82, 2.24) is 63.0 Å². The average Bonchev–Trinajstić information content (AvgIpc) is 1.82. The van der Waals surface area contributed by atoms with Crippen LogP contribution in [0.3, 0.4) is 0 Å². The quantitative estimate of drug-likeness (QED) is 0.0371. The molecule has 0 aliphatic carbocycles. The van der Waals surface area contributed by atoms with E-state index in [-0.39, 0.29) is 51.6 Å². The number of piperidine rings is 1. The molecule has 0 saturated carbocycles. The summed E-state index contributed by atoms with van der Waals surface area (Å²) in [7, 11) is 0. The third-order valence-corrected chi connectivity index (χ3v) is 15.8. The zero-order valence-electron chi connectivity index (χ0n) is 52.5. The van der Waals surface area contributed by atoms with Crippen LogP contribution in [0.15, 0.2) is 12.2 Å². The van der Waals surface area contributed by atoms with Crippen LogP contribution in [0.5, 0.6) is 0 Å². The van der Waals surface area contributed by atoms with Crippen molar-refractivity contribution in [3.05, 3.63) is 12.2 Å². The summed E-state index contributed by atoms with van der Waals surface area (Å²) in [5.41, 5.74) is 6.11. The number of nitrogens with one attached hydrogen (secondary N) is 10. The van der Waals surface area contributed by atoms with Crippen molar-refractivity contribution in [3.8, 4) is 0 Å². The summed E-state index contributed by atoms with van der Waals surface area (Å²) in [6.45, 7) is 8.66. The van der Waals surface area contributed by atoms with Gasteiger partial charge in [-0.3, -0.25) is 76.7 Å². The summed E-state index contributed by atoms with van der Waals surface area (Å²) >= 11 is 0. The lowest BCUT2D eigenvalue weighted by atomic mass is 9.96. The van der Waals surface area contributed by atoms with Gasteiger partial charge in [0.1, 0.15) is 54.4 Å². The van der Waals surface area contributed by atoms with E-state index >= 15 is 4.79 Å². The maximum atomic E-state index is 15.2. The second-order valence-electron chi connectivity index (χ2n) is 23.6. The molecule has 0 radical (unpaired) electrons. The Labute approximate surface area is 526 Å². The Bertz CT molecular complexity index is 2710. The van der Waals surface area contributed by atoms with Crippen molar-refractivity contribution in [3.63, 3.8) is 0 Å². The highest BCUT2D eigenvalue weighted by Gasteiger charge is 2.45. The minimum absolute atomic E-state index is 0.0221. The molecular formula is C58H91N13O20. The number of hydrogen-bond donors (Lipinski definition) is 15. The lowest BCUT2D eigenvalue weighted by molar-refractivity contribution is -0.150. The van der Waals surface area contributed by atoms with Gasteiger partial charge in [0.25, 0.3) is 0 Å². The molecule has 0 aromatic heterocycles. The van der Waals surface area contributed by atoms with Gasteiger partial charge in [-0.15, -0.1) is 0 Å². The summed E-state index contributed by atoms with van der Waals surface area (Å²) in [6.07, 6.45) is 5.96. The third kappa shape index (κ3) is 24.8. The number of amides is 12. The topological polar surface area (TPSA) is 507 Å². The molecule has 3 aliphatic rings. The third-order valence-electron chi connectivity index (χ3n) is 15.8. The minimum atomic E-state index is -2.15. The molecule has 3 fully saturated rings. The number of fused-ring (bicyclic) bond motifs is 2. The number of allylic oxidation sites excluding steroid dienone is 1. The summed E-state index contributed by atoms with van der Waals surface area (Å²) in [5, 5.41) is 62.2. The van der Waals surface area contributed by atoms with E-state index in [4.69, 9.17) is 5.73 Å². The fourth-order valence-electron chi connectivity index (χ4n) is 10.4. The van der Waals surface area contributed by atoms with E-state index in [0.717, 1.165) is 48.8 Å². The molecule has 33 heteroatoms. The van der Waals surface area contributed by atoms with E-state index < -0.39 is 205 Å². The minimum Gasteiger partial charge on any atom is -0.481 e. The zero-order chi connectivity index (χ0) is 68.4. The molecule has 3 saturated heterocycles. The van der Waals surface area contributed by atoms with Crippen LogP contribution in [0.4, 0.5) is 0 Å². The number of carboxylic acid groups (broad SMARTS) is 4. The Hall–Kier alpha value is -8.78. The smallest absolute Gasteiger partial charge is 0.308 e. The van der Waals surface area contributed by atoms with Crippen molar-refractivity contribution in [2.75, 3.05) is 26.2 Å². The second-order valence-corrected chi connectivity index (χ2v) is 23.6. The Morgan fingerprint density at radius 3 is 1.70 bits per heavy atom. The summed E-state index contributed by atoms with van der Waals surface area (Å²) in [5.74, 6) is -21.9. The number of aliphatic carboxylic acids is 4. The lowest BCUT2D eigenvalue weighted by Crippen LogP contribution is -2.66. The number of rotatable bonds is 22. The Kier molecular flexibility index (Phi) is 31.4. The lowest BCUT2D eigenvalue weighted by Gasteiger charge is -2.39. The first-order valence-electron chi connectivity index (χ1n) is 30.6. The van der Waals surface area contributed by atoms with Crippen LogP contribution >= 0.6 is 0 Å². The van der Waals surface area contributed by atoms with Gasteiger partial charge in [-0.05, 0) is 77.6 Å². The predicted octanol–water partition coefficient (Wildman–Crippen LogP) is -3.41. The van der Waals surface area contributed by atoms with E-state index in [1.54, 1.807) is 26.0 Å². The van der Waals surface area contributed by atoms with Crippen molar-refractivity contribution in [1.29, 1.82) is 0 Å². The number of carboxylic acids is 4. The monoisotopic (exact) mass is 1290 g/mol. The molecule has 0 aromatic rings. The maximum Gasteiger partial charge on any atom is 0.308 e. The Morgan fingerprint density at radius 1 is 0.604 bits per heavy atom. The molecule has 0 bridgehead atoms. The Morgan fingerprint density at radius 2 is 1.14 bits per heavy atom. The van der Waals surface area contributed by atoms with Crippen LogP contribution in [-0.2, 0) is 76.7 Å². The van der Waals surface area contributed by atoms with Gasteiger partial charge in [0.2, 0.25) is 70.9 Å². The predicted molar refractivity (Wildman–Crippen MR) is 320 cm³/mol. The number of unbranched alkanes of at least 4 members (excludes halogenated alkanes) is 3. The number of carbonyl (C=O) groups excluding carboxylic acids is 12. The summed E-state index contributed by atoms with van der Waals surface area (Å²) in [6, 6.07) is -18.5. The molecule has 3 aliphatic heterocycles. The molecule has 3 rings (SSSR count). The highest BCUT2D eigenvalue weighted by atomic mass is 16.4. The van der Waals surface area contributed by atoms with Gasteiger partial charge in [-0.1, -0.05) is 65.5 Å². The SMILES string of the molecule is CCC(C)CCCCC/C=C/CC(=O)N[C@@H](CC(=O)O)C(=O)N[C@@H]1C(=O)N2CCCC[C@@H]2C(=O)N[C@@H]([C@H](C)C(=O)O)C(=O)N[C@@H](CC(=O)O)C(=O)NCC(=O)N[C@@H](CC(=O)O)C(=O)NCC(=O)N[C@H]([C@@H](C)N)C(=O)N[C@@H](C(C)C)C(=O)N2CCC[C@H]2C(=O)N[C@@H]1C. The molecule has 3 heterocycles. The molecule has 91 heavy (non-hydrogen) atoms. The van der Waals surface area contributed by atoms with Gasteiger partial charge in [0.05, 0.1) is 44.3 Å². The fraction of sp³-hybridized carbons (Fsp3) is 0.690. The van der Waals surface area contributed by atoms with Crippen LogP contribution in [0, 0.1) is 17.8 Å². The number of nitrogens with zero attached hydrogens (tertiary/aromatic N) is 2. The number of nitrogens with two attached hydrogens (primary N) is 1. The van der Waals surface area contributed by atoms with Gasteiger partial charge in [-0.2, -0.15) is 0 Å². The molecule has 13 atom stereocenters. The van der Waals surface area contributed by atoms with Crippen LogP contribution in [0.1, 0.15) is 145 Å². The summed E-state index contributed by atoms with van der Waals surface area (Å²) in [4.78, 5) is 218. The van der Waals surface area contributed by atoms with Crippen LogP contribution in [0.2, 0.25) is 0 Å². The second kappa shape index (κ2) is 37.4. The number of hydrogen-bond acceptors (Lipinski definition) is 17. The van der Waals surface area contributed by atoms with E-state index in [1.165, 1.54) is 13.8 Å². The molecule has 0 aromatic carbocycles. The maximum absolute atomic E-state index is 15.2. The van der Waals surface area contributed by atoms with Crippen molar-refractivity contribution < 1.29 is 97.1 Å². The van der Waals surface area contributed by atoms with Crippen LogP contribution in [-0.4, -0.2) is 218 Å². The highest BCUT2D eigenvalue weighted by molar-refractivity contribution is 6.01. The van der Waals surface area contributed by atoms with Crippen molar-refractivity contribution >= 4 is 94.8 Å². The zero-order valence-corrected chi connectivity index (χ0v) is 52.5. The fourth-order valence-corrected chi connectivity index (χ4v) is 10.4. The molecule has 12 amide bonds. The standard InChI is InChI=1S/C58H91N13O20/c1-8-30(4)18-13-11-9-10-12-14-21-39(72)63-36(26-44(79)80)51(83)69-48-33(7)62-52(84)38-20-17-23-71(38)56(88)45(29(2)3)67-55(87)47(32(6)59)66-41(74)28-61-49(81)34(24-42(75)76)64-40(73)27-60-50(82)35(25-43(77)78)65-54(86)46(31(5)58(90)91)68-53(85)37-19-15-16-22-70(37)57(48)89/h12,14,29-38,45-48H,8-11,13,15-28,59H2,1-7H3,(H,60,82)(H,61,81)(H,62,84)(H,63,72)(H,64,73)(H,65,86)(H,66,74)(H,67,87)(H,68,85)(H,69,83)(H,75,76)(H,77,78)(H,79,80)(H,90,91)/b14-12+/t30?,31-,32+,33+,34-,35-,36-,37+,38-,45-,46-,47+,48-/m0/s1. The number of carbonyl (C=O) groups is 16. The molecule has 0 spiro atoms. The average molecular weight is 1290 g/mol. The first-order chi connectivity index (χ1) is 42.8. The summed E-state index contributed by atoms with van der Waals surface area (Å²) < 4.78 is 0. The first-order valence-corrected chi connectivity index (χ1v) is 30.6. The largest absolute Gasteiger partial charge is 0.481 e. The van der Waals surface area contributed by atoms with Gasteiger partial charge >= 0.3 is 23.9 Å². The first kappa shape index (κ1) is 76.5. The van der Waals surface area contributed by atoms with Gasteiger partial charge in [-0.25, -0.2) is 0 Å². The van der Waals surface area contributed by atoms with Gasteiger partial charge in [0.15, 0.2) is 0 Å². The Balaban J connectivity index is 2.17. The van der Waals surface area contributed by atoms with Gasteiger partial charge < -0.3 is 89.1 Å². The highest BCUT2D eigenvalue weighted by Crippen LogP contribution is 2.24. The molecule has 33 nitrogen and oxygen atoms in total. The molecule has 16 N–H and O–H groups in total. The molecular weight excluding hydrogens is 1200 g/mol. The van der Waals surface area contributed by atoms with Crippen LogP contribution < -0.4 is 58.9 Å². The molecule has 508 valence electrons.